The summed E-state index contributed by atoms with van der Waals surface area (Å²) in [4.78, 5) is 46.2. The van der Waals surface area contributed by atoms with Crippen molar-refractivity contribution in [2.75, 3.05) is 39.4 Å². The number of pyridine rings is 1. The van der Waals surface area contributed by atoms with Gasteiger partial charge in [0, 0.05) is 22.4 Å². The molecule has 0 radical (unpaired) electrons. The van der Waals surface area contributed by atoms with Gasteiger partial charge in [-0.05, 0) is 23.8 Å². The number of carbonyl (C=O) groups is 3. The Hall–Kier alpha value is -2.42. The zero-order chi connectivity index (χ0) is 21.1. The van der Waals surface area contributed by atoms with E-state index >= 15 is 0 Å². The average molecular weight is 473 g/mol. The van der Waals surface area contributed by atoms with E-state index in [2.05, 4.69) is 20.9 Å². The van der Waals surface area contributed by atoms with Crippen LogP contribution in [0.2, 0.25) is 0 Å². The third-order valence-electron chi connectivity index (χ3n) is 5.75. The predicted molar refractivity (Wildman–Crippen MR) is 112 cm³/mol. The number of quaternary nitrogens is 1. The Bertz CT molecular complexity index is 929. The number of hydrogen-bond donors (Lipinski definition) is 1. The molecule has 0 saturated carbocycles. The van der Waals surface area contributed by atoms with Crippen LogP contribution in [0.4, 0.5) is 0 Å². The Balaban J connectivity index is 1.64. The summed E-state index contributed by atoms with van der Waals surface area (Å²) in [5.41, 5.74) is 1.11. The number of benzene rings is 1. The molecule has 0 bridgehead atoms. The summed E-state index contributed by atoms with van der Waals surface area (Å²) in [6.45, 7) is 4.24. The number of rotatable bonds is 6. The molecule has 2 unspecified atom stereocenters. The standard InChI is InChI=1S/C22H22BrN3O4/c23-17-5-3-15(4-6-17)20(27)18-19(16-2-1-7-24-14-16)26(22(29)21(18)28)9-8-25-10-12-30-13-11-25/h1-7,14,18-19H,8-13H2/p+1. The minimum absolute atomic E-state index is 0.337. The van der Waals surface area contributed by atoms with Gasteiger partial charge >= 0.3 is 0 Å². The van der Waals surface area contributed by atoms with E-state index in [0.717, 1.165) is 17.6 Å². The van der Waals surface area contributed by atoms with Crippen molar-refractivity contribution in [3.05, 3.63) is 64.4 Å². The number of ether oxygens (including phenoxy) is 1. The topological polar surface area (TPSA) is 81.0 Å². The van der Waals surface area contributed by atoms with Gasteiger partial charge in [-0.2, -0.15) is 0 Å². The number of likely N-dealkylation sites (tertiary alicyclic amines) is 1. The quantitative estimate of drug-likeness (QED) is 0.380. The highest BCUT2D eigenvalue weighted by Gasteiger charge is 2.51. The monoisotopic (exact) mass is 472 g/mol. The second-order valence-electron chi connectivity index (χ2n) is 7.56. The van der Waals surface area contributed by atoms with Crippen LogP contribution >= 0.6 is 15.9 Å². The lowest BCUT2D eigenvalue weighted by molar-refractivity contribution is -0.907. The van der Waals surface area contributed by atoms with Gasteiger partial charge in [0.2, 0.25) is 5.78 Å². The van der Waals surface area contributed by atoms with Crippen LogP contribution in [0.1, 0.15) is 22.0 Å². The zero-order valence-corrected chi connectivity index (χ0v) is 18.0. The Morgan fingerprint density at radius 3 is 2.57 bits per heavy atom. The van der Waals surface area contributed by atoms with Crippen LogP contribution in [0, 0.1) is 5.92 Å². The number of carbonyl (C=O) groups excluding carboxylic acids is 3. The Morgan fingerprint density at radius 1 is 1.17 bits per heavy atom. The van der Waals surface area contributed by atoms with Crippen LogP contribution < -0.4 is 4.90 Å². The number of amides is 1. The predicted octanol–water partition coefficient (Wildman–Crippen LogP) is 0.711. The molecule has 4 rings (SSSR count). The summed E-state index contributed by atoms with van der Waals surface area (Å²) in [5.74, 6) is -2.64. The molecule has 0 aliphatic carbocycles. The number of nitrogens with one attached hydrogen (secondary N) is 1. The lowest BCUT2D eigenvalue weighted by Gasteiger charge is -2.30. The van der Waals surface area contributed by atoms with Crippen molar-refractivity contribution in [2.24, 2.45) is 5.92 Å². The normalized spacial score (nSPS) is 22.5. The maximum Gasteiger partial charge on any atom is 0.291 e. The SMILES string of the molecule is O=C1C(=O)N(CC[NH+]2CCOCC2)C(c2cccnc2)C1C(=O)c1ccc(Br)cc1. The molecule has 30 heavy (non-hydrogen) atoms. The Labute approximate surface area is 183 Å². The second-order valence-corrected chi connectivity index (χ2v) is 8.47. The van der Waals surface area contributed by atoms with Crippen molar-refractivity contribution in [3.63, 3.8) is 0 Å². The van der Waals surface area contributed by atoms with Crippen LogP contribution in [-0.4, -0.2) is 66.8 Å². The maximum absolute atomic E-state index is 13.3. The fourth-order valence-electron chi connectivity index (χ4n) is 4.13. The van der Waals surface area contributed by atoms with Crippen LogP contribution in [0.3, 0.4) is 0 Å². The third-order valence-corrected chi connectivity index (χ3v) is 6.28. The van der Waals surface area contributed by atoms with Crippen molar-refractivity contribution in [3.8, 4) is 0 Å². The minimum atomic E-state index is -1.07. The number of Topliss-reactive ketones (excluding diaryl/α,β-unsaturated/α-hetero) is 2. The van der Waals surface area contributed by atoms with E-state index in [1.54, 1.807) is 47.6 Å². The average Bonchev–Trinajstić information content (AvgIpc) is 3.04. The first-order valence-electron chi connectivity index (χ1n) is 10.0. The summed E-state index contributed by atoms with van der Waals surface area (Å²) in [6.07, 6.45) is 3.27. The van der Waals surface area contributed by atoms with Crippen LogP contribution in [-0.2, 0) is 14.3 Å². The summed E-state index contributed by atoms with van der Waals surface area (Å²) in [7, 11) is 0. The van der Waals surface area contributed by atoms with Crippen LogP contribution in [0.5, 0.6) is 0 Å². The van der Waals surface area contributed by atoms with Crippen molar-refractivity contribution in [2.45, 2.75) is 6.04 Å². The molecule has 2 fully saturated rings. The molecule has 1 aromatic carbocycles. The first-order valence-corrected chi connectivity index (χ1v) is 10.8. The van der Waals surface area contributed by atoms with E-state index < -0.39 is 23.7 Å². The Morgan fingerprint density at radius 2 is 1.90 bits per heavy atom. The molecular weight excluding hydrogens is 450 g/mol. The van der Waals surface area contributed by atoms with Gasteiger partial charge in [0.25, 0.3) is 5.91 Å². The highest BCUT2D eigenvalue weighted by Crippen LogP contribution is 2.37. The molecule has 1 aromatic heterocycles. The van der Waals surface area contributed by atoms with Gasteiger partial charge < -0.3 is 14.5 Å². The summed E-state index contributed by atoms with van der Waals surface area (Å²) in [5, 5.41) is 0. The molecule has 8 heteroatoms. The van der Waals surface area contributed by atoms with Crippen LogP contribution in [0.25, 0.3) is 0 Å². The molecule has 3 heterocycles. The van der Waals surface area contributed by atoms with Gasteiger partial charge in [0.15, 0.2) is 5.78 Å². The van der Waals surface area contributed by atoms with Crippen molar-refractivity contribution < 1.29 is 24.0 Å². The number of ketones is 2. The molecule has 2 saturated heterocycles. The third kappa shape index (κ3) is 4.21. The first-order chi connectivity index (χ1) is 14.6. The Kier molecular flexibility index (Phi) is 6.36. The van der Waals surface area contributed by atoms with Crippen molar-refractivity contribution >= 4 is 33.4 Å². The summed E-state index contributed by atoms with van der Waals surface area (Å²) < 4.78 is 6.23. The minimum Gasteiger partial charge on any atom is -0.370 e. The van der Waals surface area contributed by atoms with Gasteiger partial charge in [-0.3, -0.25) is 19.4 Å². The molecular formula is C22H23BrN3O4+. The molecule has 156 valence electrons. The molecule has 1 amide bonds. The molecule has 2 aliphatic rings. The van der Waals surface area contributed by atoms with Gasteiger partial charge in [0.05, 0.1) is 32.3 Å². The number of halogens is 1. The van der Waals surface area contributed by atoms with E-state index in [1.807, 2.05) is 6.07 Å². The number of aromatic nitrogens is 1. The first kappa shape index (κ1) is 20.8. The van der Waals surface area contributed by atoms with E-state index in [9.17, 15) is 14.4 Å². The second kappa shape index (κ2) is 9.16. The van der Waals surface area contributed by atoms with Gasteiger partial charge in [-0.1, -0.05) is 34.1 Å². The lowest BCUT2D eigenvalue weighted by Crippen LogP contribution is -3.14. The summed E-state index contributed by atoms with van der Waals surface area (Å²) >= 11 is 3.36. The highest BCUT2D eigenvalue weighted by atomic mass is 79.9. The summed E-state index contributed by atoms with van der Waals surface area (Å²) in [6, 6.07) is 9.79. The largest absolute Gasteiger partial charge is 0.370 e. The number of morpholine rings is 1. The number of hydrogen-bond acceptors (Lipinski definition) is 5. The van der Waals surface area contributed by atoms with Gasteiger partial charge in [0.1, 0.15) is 19.0 Å². The van der Waals surface area contributed by atoms with Gasteiger partial charge in [-0.15, -0.1) is 0 Å². The highest BCUT2D eigenvalue weighted by molar-refractivity contribution is 9.10. The van der Waals surface area contributed by atoms with E-state index in [-0.39, 0.29) is 5.78 Å². The van der Waals surface area contributed by atoms with Crippen LogP contribution in [0.15, 0.2) is 53.3 Å². The smallest absolute Gasteiger partial charge is 0.291 e. The molecule has 1 N–H and O–H groups in total. The molecule has 7 nitrogen and oxygen atoms in total. The number of nitrogens with zero attached hydrogens (tertiary/aromatic N) is 2. The van der Waals surface area contributed by atoms with E-state index in [4.69, 9.17) is 4.74 Å². The van der Waals surface area contributed by atoms with Crippen molar-refractivity contribution in [1.29, 1.82) is 0 Å². The lowest BCUT2D eigenvalue weighted by atomic mass is 9.87. The molecule has 2 aromatic rings. The molecule has 0 spiro atoms. The van der Waals surface area contributed by atoms with E-state index in [1.165, 1.54) is 4.90 Å². The fraction of sp³-hybridized carbons (Fsp3) is 0.364. The molecule has 2 aliphatic heterocycles. The van der Waals surface area contributed by atoms with Gasteiger partial charge in [-0.25, -0.2) is 0 Å². The van der Waals surface area contributed by atoms with Crippen molar-refractivity contribution in [1.82, 2.24) is 9.88 Å². The fourth-order valence-corrected chi connectivity index (χ4v) is 4.40. The van der Waals surface area contributed by atoms with E-state index in [0.29, 0.717) is 37.4 Å². The zero-order valence-electron chi connectivity index (χ0n) is 16.4. The molecule has 2 atom stereocenters. The maximum atomic E-state index is 13.3.